The van der Waals surface area contributed by atoms with E-state index < -0.39 is 38.7 Å². The first-order chi connectivity index (χ1) is 13.2. The summed E-state index contributed by atoms with van der Waals surface area (Å²) in [7, 11) is -3.92. The second-order valence-corrected chi connectivity index (χ2v) is 9.05. The number of halogens is 5. The second-order valence-electron chi connectivity index (χ2n) is 6.35. The van der Waals surface area contributed by atoms with Gasteiger partial charge in [0.25, 0.3) is 0 Å². The number of hydrogen-bond donors (Lipinski definition) is 1. The predicted octanol–water partition coefficient (Wildman–Crippen LogP) is 5.11. The standard InChI is InChI=1S/C18H17Cl2F3N2O3S/c1-10-4-5-12(19)8-16(10)25(29(3,27)28)11(2)17(26)24-13-6-7-15(20)14(9-13)18(21,22)23/h4-9,11H,1-3H3,(H,24,26)/t11-/m1/s1. The molecule has 2 aromatic rings. The van der Waals surface area contributed by atoms with E-state index in [1.807, 2.05) is 0 Å². The SMILES string of the molecule is Cc1ccc(Cl)cc1N([C@H](C)C(=O)Nc1ccc(Cl)c(C(F)(F)F)c1)S(C)(=O)=O. The first kappa shape index (κ1) is 23.3. The Hall–Kier alpha value is -1.97. The van der Waals surface area contributed by atoms with E-state index in [4.69, 9.17) is 23.2 Å². The van der Waals surface area contributed by atoms with E-state index >= 15 is 0 Å². The van der Waals surface area contributed by atoms with Gasteiger partial charge in [-0.25, -0.2) is 8.42 Å². The first-order valence-electron chi connectivity index (χ1n) is 8.15. The number of alkyl halides is 3. The average molecular weight is 469 g/mol. The van der Waals surface area contributed by atoms with Gasteiger partial charge >= 0.3 is 6.18 Å². The summed E-state index contributed by atoms with van der Waals surface area (Å²) in [6, 6.07) is 6.16. The minimum Gasteiger partial charge on any atom is -0.324 e. The highest BCUT2D eigenvalue weighted by Gasteiger charge is 2.34. The number of carbonyl (C=O) groups excluding carboxylic acids is 1. The first-order valence-corrected chi connectivity index (χ1v) is 10.8. The van der Waals surface area contributed by atoms with Crippen molar-refractivity contribution in [3.05, 3.63) is 57.6 Å². The largest absolute Gasteiger partial charge is 0.417 e. The number of amides is 1. The van der Waals surface area contributed by atoms with E-state index in [2.05, 4.69) is 5.32 Å². The van der Waals surface area contributed by atoms with E-state index in [1.54, 1.807) is 19.1 Å². The molecule has 5 nitrogen and oxygen atoms in total. The number of sulfonamides is 1. The minimum atomic E-state index is -4.71. The maximum absolute atomic E-state index is 13.0. The fourth-order valence-electron chi connectivity index (χ4n) is 2.67. The molecule has 0 saturated carbocycles. The van der Waals surface area contributed by atoms with E-state index in [-0.39, 0.29) is 16.4 Å². The molecule has 0 radical (unpaired) electrons. The van der Waals surface area contributed by atoms with Crippen molar-refractivity contribution in [1.29, 1.82) is 0 Å². The zero-order chi connectivity index (χ0) is 22.1. The molecule has 0 aliphatic rings. The van der Waals surface area contributed by atoms with Crippen molar-refractivity contribution in [3.8, 4) is 0 Å². The third-order valence-electron chi connectivity index (χ3n) is 4.04. The summed E-state index contributed by atoms with van der Waals surface area (Å²) < 4.78 is 64.6. The Bertz CT molecular complexity index is 1040. The lowest BCUT2D eigenvalue weighted by atomic mass is 10.1. The van der Waals surface area contributed by atoms with Crippen LogP contribution >= 0.6 is 23.2 Å². The van der Waals surface area contributed by atoms with Crippen molar-refractivity contribution < 1.29 is 26.4 Å². The van der Waals surface area contributed by atoms with Gasteiger partial charge in [0, 0.05) is 10.7 Å². The molecule has 0 spiro atoms. The predicted molar refractivity (Wildman–Crippen MR) is 108 cm³/mol. The Morgan fingerprint density at radius 2 is 1.76 bits per heavy atom. The van der Waals surface area contributed by atoms with Crippen molar-refractivity contribution in [2.45, 2.75) is 26.1 Å². The van der Waals surface area contributed by atoms with Gasteiger partial charge in [0.15, 0.2) is 0 Å². The normalized spacial score (nSPS) is 13.1. The van der Waals surface area contributed by atoms with Gasteiger partial charge in [0.05, 0.1) is 22.5 Å². The van der Waals surface area contributed by atoms with Crippen molar-refractivity contribution >= 4 is 50.5 Å². The summed E-state index contributed by atoms with van der Waals surface area (Å²) in [5.41, 5.74) is -0.551. The van der Waals surface area contributed by atoms with Crippen molar-refractivity contribution in [2.24, 2.45) is 0 Å². The lowest BCUT2D eigenvalue weighted by molar-refractivity contribution is -0.137. The number of benzene rings is 2. The Kier molecular flexibility index (Phi) is 6.76. The van der Waals surface area contributed by atoms with Crippen LogP contribution in [0.4, 0.5) is 24.5 Å². The van der Waals surface area contributed by atoms with Gasteiger partial charge in [-0.05, 0) is 49.7 Å². The highest BCUT2D eigenvalue weighted by molar-refractivity contribution is 7.92. The molecule has 0 unspecified atom stereocenters. The van der Waals surface area contributed by atoms with E-state index in [0.29, 0.717) is 11.6 Å². The zero-order valence-electron chi connectivity index (χ0n) is 15.5. The lowest BCUT2D eigenvalue weighted by Crippen LogP contribution is -2.45. The fraction of sp³-hybridized carbons (Fsp3) is 0.278. The number of anilines is 2. The molecular formula is C18H17Cl2F3N2O3S. The summed E-state index contributed by atoms with van der Waals surface area (Å²) in [6.07, 6.45) is -3.79. The molecular weight excluding hydrogens is 452 g/mol. The summed E-state index contributed by atoms with van der Waals surface area (Å²) in [5, 5.41) is 2.05. The van der Waals surface area contributed by atoms with Gasteiger partial charge < -0.3 is 5.32 Å². The van der Waals surface area contributed by atoms with Gasteiger partial charge in [-0.1, -0.05) is 29.3 Å². The van der Waals surface area contributed by atoms with E-state index in [9.17, 15) is 26.4 Å². The number of aryl methyl sites for hydroxylation is 1. The monoisotopic (exact) mass is 468 g/mol. The Balaban J connectivity index is 2.40. The minimum absolute atomic E-state index is 0.171. The maximum Gasteiger partial charge on any atom is 0.417 e. The van der Waals surface area contributed by atoms with Gasteiger partial charge in [-0.2, -0.15) is 13.2 Å². The molecule has 158 valence electrons. The van der Waals surface area contributed by atoms with Gasteiger partial charge in [0.1, 0.15) is 6.04 Å². The fourth-order valence-corrected chi connectivity index (χ4v) is 4.28. The average Bonchev–Trinajstić information content (AvgIpc) is 2.57. The molecule has 0 bridgehead atoms. The zero-order valence-corrected chi connectivity index (χ0v) is 17.8. The summed E-state index contributed by atoms with van der Waals surface area (Å²) >= 11 is 11.5. The molecule has 1 N–H and O–H groups in total. The molecule has 2 rings (SSSR count). The summed E-state index contributed by atoms with van der Waals surface area (Å²) in [5.74, 6) is -0.828. The van der Waals surface area contributed by atoms with Crippen LogP contribution in [0, 0.1) is 6.92 Å². The lowest BCUT2D eigenvalue weighted by Gasteiger charge is -2.29. The van der Waals surface area contributed by atoms with Crippen molar-refractivity contribution in [3.63, 3.8) is 0 Å². The molecule has 1 atom stereocenters. The molecule has 0 fully saturated rings. The third kappa shape index (κ3) is 5.55. The van der Waals surface area contributed by atoms with Crippen molar-refractivity contribution in [1.82, 2.24) is 0 Å². The molecule has 0 aliphatic heterocycles. The number of nitrogens with one attached hydrogen (secondary N) is 1. The van der Waals surface area contributed by atoms with Crippen LogP contribution in [-0.2, 0) is 21.0 Å². The van der Waals surface area contributed by atoms with Crippen molar-refractivity contribution in [2.75, 3.05) is 15.9 Å². The van der Waals surface area contributed by atoms with Crippen LogP contribution < -0.4 is 9.62 Å². The van der Waals surface area contributed by atoms with E-state index in [0.717, 1.165) is 16.6 Å². The van der Waals surface area contributed by atoms with Gasteiger partial charge in [0.2, 0.25) is 15.9 Å². The van der Waals surface area contributed by atoms with Crippen LogP contribution in [0.15, 0.2) is 36.4 Å². The molecule has 11 heteroatoms. The van der Waals surface area contributed by atoms with Crippen LogP contribution in [0.1, 0.15) is 18.1 Å². The smallest absolute Gasteiger partial charge is 0.324 e. The Morgan fingerprint density at radius 1 is 1.14 bits per heavy atom. The quantitative estimate of drug-likeness (QED) is 0.662. The molecule has 0 saturated heterocycles. The van der Waals surface area contributed by atoms with Crippen LogP contribution in [0.2, 0.25) is 10.0 Å². The van der Waals surface area contributed by atoms with Crippen LogP contribution in [0.25, 0.3) is 0 Å². The van der Waals surface area contributed by atoms with Gasteiger partial charge in [-0.15, -0.1) is 0 Å². The number of carbonyl (C=O) groups is 1. The molecule has 1 amide bonds. The van der Waals surface area contributed by atoms with Crippen LogP contribution in [-0.4, -0.2) is 26.6 Å². The Morgan fingerprint density at radius 3 is 2.31 bits per heavy atom. The highest BCUT2D eigenvalue weighted by atomic mass is 35.5. The van der Waals surface area contributed by atoms with Crippen LogP contribution in [0.5, 0.6) is 0 Å². The summed E-state index contributed by atoms with van der Waals surface area (Å²) in [4.78, 5) is 12.7. The number of nitrogens with zero attached hydrogens (tertiary/aromatic N) is 1. The molecule has 29 heavy (non-hydrogen) atoms. The second kappa shape index (κ2) is 8.41. The molecule has 2 aromatic carbocycles. The van der Waals surface area contributed by atoms with E-state index in [1.165, 1.54) is 19.1 Å². The number of rotatable bonds is 5. The summed E-state index contributed by atoms with van der Waals surface area (Å²) in [6.45, 7) is 2.96. The third-order valence-corrected chi connectivity index (χ3v) is 5.83. The molecule has 0 heterocycles. The maximum atomic E-state index is 13.0. The topological polar surface area (TPSA) is 66.5 Å². The number of hydrogen-bond acceptors (Lipinski definition) is 3. The van der Waals surface area contributed by atoms with Gasteiger partial charge in [-0.3, -0.25) is 9.10 Å². The highest BCUT2D eigenvalue weighted by Crippen LogP contribution is 2.36. The molecule has 0 aromatic heterocycles. The van der Waals surface area contributed by atoms with Crippen LogP contribution in [0.3, 0.4) is 0 Å². The molecule has 0 aliphatic carbocycles. The Labute approximate surface area is 176 Å².